The van der Waals surface area contributed by atoms with Gasteiger partial charge in [0.2, 0.25) is 5.91 Å². The smallest absolute Gasteiger partial charge is 0.230 e. The molecular formula is C16H23NOS. The first-order valence-corrected chi connectivity index (χ1v) is 8.28. The normalized spacial score (nSPS) is 15.6. The van der Waals surface area contributed by atoms with Crippen molar-refractivity contribution in [3.63, 3.8) is 0 Å². The van der Waals surface area contributed by atoms with E-state index in [-0.39, 0.29) is 5.91 Å². The van der Waals surface area contributed by atoms with Gasteiger partial charge in [-0.1, -0.05) is 43.9 Å². The molecule has 0 unspecified atom stereocenters. The molecule has 2 nitrogen and oxygen atoms in total. The van der Waals surface area contributed by atoms with Gasteiger partial charge >= 0.3 is 0 Å². The van der Waals surface area contributed by atoms with E-state index in [1.54, 1.807) is 11.8 Å². The average Bonchev–Trinajstić information content (AvgIpc) is 2.96. The van der Waals surface area contributed by atoms with Crippen molar-refractivity contribution in [1.29, 1.82) is 0 Å². The maximum Gasteiger partial charge on any atom is 0.230 e. The fraction of sp³-hybridized carbons (Fsp3) is 0.562. The van der Waals surface area contributed by atoms with E-state index in [1.165, 1.54) is 32.1 Å². The van der Waals surface area contributed by atoms with Gasteiger partial charge in [0.05, 0.1) is 5.75 Å². The summed E-state index contributed by atoms with van der Waals surface area (Å²) >= 11 is 1.60. The lowest BCUT2D eigenvalue weighted by molar-refractivity contribution is -0.118. The van der Waals surface area contributed by atoms with E-state index < -0.39 is 0 Å². The number of hydrogen-bond donors (Lipinski definition) is 1. The van der Waals surface area contributed by atoms with Crippen LogP contribution in [0, 0.1) is 5.92 Å². The highest BCUT2D eigenvalue weighted by Gasteiger charge is 2.14. The van der Waals surface area contributed by atoms with Gasteiger partial charge < -0.3 is 5.32 Å². The predicted octanol–water partition coefficient (Wildman–Crippen LogP) is 3.87. The van der Waals surface area contributed by atoms with Gasteiger partial charge in [-0.15, -0.1) is 11.8 Å². The molecule has 104 valence electrons. The molecule has 0 bridgehead atoms. The highest BCUT2D eigenvalue weighted by Crippen LogP contribution is 2.28. The van der Waals surface area contributed by atoms with Crippen LogP contribution in [0.1, 0.15) is 38.5 Å². The number of carbonyl (C=O) groups excluding carboxylic acids is 1. The Morgan fingerprint density at radius 2 is 1.95 bits per heavy atom. The second kappa shape index (κ2) is 8.26. The Morgan fingerprint density at radius 3 is 2.68 bits per heavy atom. The fourth-order valence-electron chi connectivity index (χ4n) is 2.63. The van der Waals surface area contributed by atoms with Crippen LogP contribution >= 0.6 is 11.8 Å². The Bertz CT molecular complexity index is 374. The number of rotatable bonds is 7. The lowest BCUT2D eigenvalue weighted by Gasteiger charge is -2.09. The van der Waals surface area contributed by atoms with Gasteiger partial charge in [0, 0.05) is 11.4 Å². The summed E-state index contributed by atoms with van der Waals surface area (Å²) < 4.78 is 0. The Labute approximate surface area is 120 Å². The molecule has 1 aliphatic carbocycles. The molecule has 0 atom stereocenters. The van der Waals surface area contributed by atoms with Gasteiger partial charge in [-0.25, -0.2) is 0 Å². The molecule has 1 amide bonds. The molecule has 1 aromatic rings. The summed E-state index contributed by atoms with van der Waals surface area (Å²) in [4.78, 5) is 12.8. The number of carbonyl (C=O) groups is 1. The number of nitrogens with one attached hydrogen (secondary N) is 1. The molecule has 1 N–H and O–H groups in total. The molecule has 1 aromatic carbocycles. The van der Waals surface area contributed by atoms with Crippen molar-refractivity contribution in [2.75, 3.05) is 12.3 Å². The van der Waals surface area contributed by atoms with Crippen LogP contribution in [0.2, 0.25) is 0 Å². The third kappa shape index (κ3) is 5.68. The summed E-state index contributed by atoms with van der Waals surface area (Å²) in [5.41, 5.74) is 0. The fourth-order valence-corrected chi connectivity index (χ4v) is 3.38. The summed E-state index contributed by atoms with van der Waals surface area (Å²) in [6.45, 7) is 0.838. The van der Waals surface area contributed by atoms with Gasteiger partial charge in [-0.2, -0.15) is 0 Å². The number of amides is 1. The lowest BCUT2D eigenvalue weighted by atomic mass is 10.0. The SMILES string of the molecule is O=C(CSc1ccccc1)NCCCC1CCCC1. The standard InChI is InChI=1S/C16H23NOS/c18-16(13-19-15-10-2-1-3-11-15)17-12-6-9-14-7-4-5-8-14/h1-3,10-11,14H,4-9,12-13H2,(H,17,18). The second-order valence-corrected chi connectivity index (χ2v) is 6.29. The highest BCUT2D eigenvalue weighted by atomic mass is 32.2. The van der Waals surface area contributed by atoms with Crippen LogP contribution in [0.25, 0.3) is 0 Å². The third-order valence-electron chi connectivity index (χ3n) is 3.70. The van der Waals surface area contributed by atoms with Crippen molar-refractivity contribution in [3.05, 3.63) is 30.3 Å². The van der Waals surface area contributed by atoms with E-state index in [2.05, 4.69) is 5.32 Å². The zero-order valence-corrected chi connectivity index (χ0v) is 12.3. The summed E-state index contributed by atoms with van der Waals surface area (Å²) in [5.74, 6) is 1.60. The van der Waals surface area contributed by atoms with Crippen LogP contribution in [0.4, 0.5) is 0 Å². The van der Waals surface area contributed by atoms with Crippen molar-refractivity contribution in [1.82, 2.24) is 5.32 Å². The van der Waals surface area contributed by atoms with E-state index in [0.717, 1.165) is 23.8 Å². The Balaban J connectivity index is 1.52. The first kappa shape index (κ1) is 14.4. The van der Waals surface area contributed by atoms with Crippen LogP contribution in [-0.4, -0.2) is 18.2 Å². The molecule has 2 rings (SSSR count). The zero-order valence-electron chi connectivity index (χ0n) is 11.4. The molecule has 3 heteroatoms. The monoisotopic (exact) mass is 277 g/mol. The highest BCUT2D eigenvalue weighted by molar-refractivity contribution is 8.00. The maximum atomic E-state index is 11.7. The van der Waals surface area contributed by atoms with Crippen molar-refractivity contribution in [3.8, 4) is 0 Å². The Hall–Kier alpha value is -0.960. The van der Waals surface area contributed by atoms with Crippen LogP contribution in [0.15, 0.2) is 35.2 Å². The summed E-state index contributed by atoms with van der Waals surface area (Å²) in [7, 11) is 0. The molecule has 1 saturated carbocycles. The molecular weight excluding hydrogens is 254 g/mol. The summed E-state index contributed by atoms with van der Waals surface area (Å²) in [6.07, 6.45) is 8.03. The summed E-state index contributed by atoms with van der Waals surface area (Å²) in [5, 5.41) is 3.02. The molecule has 0 spiro atoms. The summed E-state index contributed by atoms with van der Waals surface area (Å²) in [6, 6.07) is 10.1. The average molecular weight is 277 g/mol. The minimum absolute atomic E-state index is 0.153. The van der Waals surface area contributed by atoms with Crippen molar-refractivity contribution >= 4 is 17.7 Å². The van der Waals surface area contributed by atoms with Crippen molar-refractivity contribution in [2.45, 2.75) is 43.4 Å². The van der Waals surface area contributed by atoms with Gasteiger partial charge in [0.25, 0.3) is 0 Å². The van der Waals surface area contributed by atoms with Crippen LogP contribution < -0.4 is 5.32 Å². The molecule has 1 fully saturated rings. The third-order valence-corrected chi connectivity index (χ3v) is 4.71. The molecule has 0 aromatic heterocycles. The predicted molar refractivity (Wildman–Crippen MR) is 81.4 cm³/mol. The minimum atomic E-state index is 0.153. The first-order valence-electron chi connectivity index (χ1n) is 7.29. The quantitative estimate of drug-likeness (QED) is 0.605. The van der Waals surface area contributed by atoms with Crippen molar-refractivity contribution in [2.24, 2.45) is 5.92 Å². The molecule has 19 heavy (non-hydrogen) atoms. The van der Waals surface area contributed by atoms with Crippen LogP contribution in [0.5, 0.6) is 0 Å². The Morgan fingerprint density at radius 1 is 1.21 bits per heavy atom. The number of thioether (sulfide) groups is 1. The molecule has 0 heterocycles. The molecule has 1 aliphatic rings. The topological polar surface area (TPSA) is 29.1 Å². The van der Waals surface area contributed by atoms with E-state index >= 15 is 0 Å². The van der Waals surface area contributed by atoms with Crippen LogP contribution in [0.3, 0.4) is 0 Å². The van der Waals surface area contributed by atoms with E-state index in [1.807, 2.05) is 30.3 Å². The van der Waals surface area contributed by atoms with E-state index in [9.17, 15) is 4.79 Å². The first-order chi connectivity index (χ1) is 9.34. The Kier molecular flexibility index (Phi) is 6.28. The van der Waals surface area contributed by atoms with Gasteiger partial charge in [-0.05, 0) is 30.9 Å². The molecule has 0 radical (unpaired) electrons. The largest absolute Gasteiger partial charge is 0.355 e. The van der Waals surface area contributed by atoms with Crippen molar-refractivity contribution < 1.29 is 4.79 Å². The molecule has 0 saturated heterocycles. The minimum Gasteiger partial charge on any atom is -0.355 e. The van der Waals surface area contributed by atoms with Crippen LogP contribution in [-0.2, 0) is 4.79 Å². The zero-order chi connectivity index (χ0) is 13.3. The number of hydrogen-bond acceptors (Lipinski definition) is 2. The van der Waals surface area contributed by atoms with Gasteiger partial charge in [-0.3, -0.25) is 4.79 Å². The van der Waals surface area contributed by atoms with E-state index in [4.69, 9.17) is 0 Å². The number of benzene rings is 1. The maximum absolute atomic E-state index is 11.7. The van der Waals surface area contributed by atoms with Gasteiger partial charge in [0.1, 0.15) is 0 Å². The van der Waals surface area contributed by atoms with Gasteiger partial charge in [0.15, 0.2) is 0 Å². The molecule has 0 aliphatic heterocycles. The van der Waals surface area contributed by atoms with E-state index in [0.29, 0.717) is 5.75 Å². The second-order valence-electron chi connectivity index (χ2n) is 5.24. The lowest BCUT2D eigenvalue weighted by Crippen LogP contribution is -2.26.